The molecule has 2 heterocycles. The van der Waals surface area contributed by atoms with Crippen LogP contribution in [0.2, 0.25) is 0 Å². The van der Waals surface area contributed by atoms with E-state index in [0.717, 1.165) is 0 Å². The van der Waals surface area contributed by atoms with Crippen LogP contribution >= 0.6 is 0 Å². The zero-order chi connectivity index (χ0) is 23.0. The molecule has 170 valence electrons. The maximum atomic E-state index is 13.4. The van der Waals surface area contributed by atoms with Crippen LogP contribution in [-0.4, -0.2) is 52.5 Å². The number of hydrogen-bond acceptors (Lipinski definition) is 9. The molecular formula is C23H25NO8. The van der Waals surface area contributed by atoms with Gasteiger partial charge in [-0.2, -0.15) is 0 Å². The van der Waals surface area contributed by atoms with Crippen molar-refractivity contribution < 1.29 is 38.0 Å². The Labute approximate surface area is 185 Å². The summed E-state index contributed by atoms with van der Waals surface area (Å²) in [5, 5.41) is 0. The number of esters is 1. The van der Waals surface area contributed by atoms with E-state index in [1.807, 2.05) is 4.90 Å². The van der Waals surface area contributed by atoms with Crippen molar-refractivity contribution >= 4 is 23.1 Å². The van der Waals surface area contributed by atoms with Crippen molar-refractivity contribution in [3.8, 4) is 28.7 Å². The highest BCUT2D eigenvalue weighted by Gasteiger charge is 2.45. The smallest absolute Gasteiger partial charge is 0.318 e. The van der Waals surface area contributed by atoms with Gasteiger partial charge in [-0.1, -0.05) is 0 Å². The third-order valence-corrected chi connectivity index (χ3v) is 5.66. The van der Waals surface area contributed by atoms with E-state index in [-0.39, 0.29) is 19.2 Å². The van der Waals surface area contributed by atoms with Crippen molar-refractivity contribution in [3.05, 3.63) is 29.8 Å². The lowest BCUT2D eigenvalue weighted by Gasteiger charge is -2.40. The second-order valence-corrected chi connectivity index (χ2v) is 7.31. The summed E-state index contributed by atoms with van der Waals surface area (Å²) in [5.74, 6) is 0.379. The van der Waals surface area contributed by atoms with E-state index >= 15 is 0 Å². The van der Waals surface area contributed by atoms with Gasteiger partial charge in [-0.25, -0.2) is 0 Å². The molecule has 0 amide bonds. The number of ether oxygens (including phenoxy) is 6. The molecule has 0 saturated carbocycles. The summed E-state index contributed by atoms with van der Waals surface area (Å²) in [4.78, 5) is 28.0. The Morgan fingerprint density at radius 3 is 2.22 bits per heavy atom. The first-order valence-corrected chi connectivity index (χ1v) is 10.2. The molecule has 0 aromatic heterocycles. The van der Waals surface area contributed by atoms with Crippen LogP contribution in [0.15, 0.2) is 24.3 Å². The van der Waals surface area contributed by atoms with Crippen LogP contribution in [0.25, 0.3) is 0 Å². The van der Waals surface area contributed by atoms with E-state index in [2.05, 4.69) is 0 Å². The topological polar surface area (TPSA) is 92.8 Å². The molecule has 2 aliphatic heterocycles. The van der Waals surface area contributed by atoms with E-state index in [4.69, 9.17) is 28.4 Å². The molecule has 4 rings (SSSR count). The summed E-state index contributed by atoms with van der Waals surface area (Å²) < 4.78 is 32.7. The van der Waals surface area contributed by atoms with Gasteiger partial charge in [0, 0.05) is 29.4 Å². The number of nitrogens with zero attached hydrogens (tertiary/aromatic N) is 1. The van der Waals surface area contributed by atoms with Gasteiger partial charge in [0.2, 0.25) is 12.5 Å². The predicted molar refractivity (Wildman–Crippen MR) is 115 cm³/mol. The summed E-state index contributed by atoms with van der Waals surface area (Å²) in [6.45, 7) is 3.75. The maximum absolute atomic E-state index is 13.4. The number of ketones is 1. The van der Waals surface area contributed by atoms with Gasteiger partial charge in [0.1, 0.15) is 5.92 Å². The molecule has 0 spiro atoms. The normalized spacial score (nSPS) is 18.8. The van der Waals surface area contributed by atoms with Crippen LogP contribution in [0, 0.1) is 5.92 Å². The lowest BCUT2D eigenvalue weighted by molar-refractivity contribution is -0.146. The highest BCUT2D eigenvalue weighted by molar-refractivity contribution is 6.15. The van der Waals surface area contributed by atoms with Gasteiger partial charge in [-0.15, -0.1) is 0 Å². The standard InChI is InChI=1S/C23H25NO8/c1-6-30-23(26)20-12(2)24(13-7-18(27-3)22(29-5)19(8-13)28-4)15-10-17-16(31-11-32-17)9-14(15)21(20)25/h7-10,12,20H,6,11H2,1-5H3. The van der Waals surface area contributed by atoms with E-state index in [1.54, 1.807) is 38.1 Å². The van der Waals surface area contributed by atoms with Crippen LogP contribution in [0.3, 0.4) is 0 Å². The number of hydrogen-bond donors (Lipinski definition) is 0. The Kier molecular flexibility index (Phi) is 5.73. The maximum Gasteiger partial charge on any atom is 0.318 e. The van der Waals surface area contributed by atoms with Crippen LogP contribution < -0.4 is 28.6 Å². The minimum atomic E-state index is -1.03. The van der Waals surface area contributed by atoms with E-state index < -0.39 is 17.9 Å². The van der Waals surface area contributed by atoms with Gasteiger partial charge in [-0.05, 0) is 19.9 Å². The molecule has 0 bridgehead atoms. The number of Topliss-reactive ketones (excluding diaryl/α,β-unsaturated/α-hetero) is 1. The molecule has 2 aliphatic rings. The minimum Gasteiger partial charge on any atom is -0.493 e. The monoisotopic (exact) mass is 443 g/mol. The zero-order valence-electron chi connectivity index (χ0n) is 18.6. The molecule has 9 heteroatoms. The average Bonchev–Trinajstić information content (AvgIpc) is 3.25. The van der Waals surface area contributed by atoms with Crippen LogP contribution in [0.5, 0.6) is 28.7 Å². The first-order chi connectivity index (χ1) is 15.4. The van der Waals surface area contributed by atoms with Crippen LogP contribution in [0.4, 0.5) is 11.4 Å². The van der Waals surface area contributed by atoms with Crippen molar-refractivity contribution in [2.24, 2.45) is 5.92 Å². The number of rotatable bonds is 6. The number of benzene rings is 2. The number of carbonyl (C=O) groups is 2. The van der Waals surface area contributed by atoms with Gasteiger partial charge in [0.15, 0.2) is 28.8 Å². The Morgan fingerprint density at radius 2 is 1.66 bits per heavy atom. The Hall–Kier alpha value is -3.62. The van der Waals surface area contributed by atoms with Gasteiger partial charge in [0.05, 0.1) is 39.7 Å². The molecule has 2 aromatic rings. The SMILES string of the molecule is CCOC(=O)C1C(=O)c2cc3c(cc2N(c2cc(OC)c(OC)c(OC)c2)C1C)OCO3. The fourth-order valence-electron chi connectivity index (χ4n) is 4.20. The predicted octanol–water partition coefficient (Wildman–Crippen LogP) is 3.34. The molecule has 0 aliphatic carbocycles. The quantitative estimate of drug-likeness (QED) is 0.492. The van der Waals surface area contributed by atoms with E-state index in [1.165, 1.54) is 21.3 Å². The lowest BCUT2D eigenvalue weighted by atomic mass is 9.84. The Balaban J connectivity index is 1.94. The van der Waals surface area contributed by atoms with Crippen molar-refractivity contribution in [3.63, 3.8) is 0 Å². The summed E-state index contributed by atoms with van der Waals surface area (Å²) in [6.07, 6.45) is 0. The van der Waals surface area contributed by atoms with Crippen LogP contribution in [0.1, 0.15) is 24.2 Å². The number of anilines is 2. The average molecular weight is 443 g/mol. The highest BCUT2D eigenvalue weighted by Crippen LogP contribution is 2.49. The second kappa shape index (κ2) is 8.49. The molecule has 0 N–H and O–H groups in total. The van der Waals surface area contributed by atoms with Crippen molar-refractivity contribution in [1.29, 1.82) is 0 Å². The first-order valence-electron chi connectivity index (χ1n) is 10.2. The molecule has 0 fully saturated rings. The molecule has 0 radical (unpaired) electrons. The van der Waals surface area contributed by atoms with E-state index in [0.29, 0.717) is 45.7 Å². The fraction of sp³-hybridized carbons (Fsp3) is 0.391. The van der Waals surface area contributed by atoms with Crippen molar-refractivity contribution in [2.75, 3.05) is 39.6 Å². The van der Waals surface area contributed by atoms with Crippen LogP contribution in [-0.2, 0) is 9.53 Å². The highest BCUT2D eigenvalue weighted by atomic mass is 16.7. The molecule has 2 atom stereocenters. The third-order valence-electron chi connectivity index (χ3n) is 5.66. The molecule has 0 saturated heterocycles. The molecule has 2 unspecified atom stereocenters. The zero-order valence-corrected chi connectivity index (χ0v) is 18.6. The summed E-state index contributed by atoms with van der Waals surface area (Å²) in [5.41, 5.74) is 1.58. The summed E-state index contributed by atoms with van der Waals surface area (Å²) in [7, 11) is 4.57. The first kappa shape index (κ1) is 21.6. The van der Waals surface area contributed by atoms with E-state index in [9.17, 15) is 9.59 Å². The molecule has 32 heavy (non-hydrogen) atoms. The fourth-order valence-corrected chi connectivity index (χ4v) is 4.20. The summed E-state index contributed by atoms with van der Waals surface area (Å²) in [6, 6.07) is 6.34. The van der Waals surface area contributed by atoms with Gasteiger partial charge in [-0.3, -0.25) is 9.59 Å². The van der Waals surface area contributed by atoms with Gasteiger partial charge in [0.25, 0.3) is 0 Å². The molecule has 2 aromatic carbocycles. The lowest BCUT2D eigenvalue weighted by Crippen LogP contribution is -2.48. The molecular weight excluding hydrogens is 418 g/mol. The third kappa shape index (κ3) is 3.34. The van der Waals surface area contributed by atoms with Gasteiger partial charge < -0.3 is 33.3 Å². The van der Waals surface area contributed by atoms with Crippen molar-refractivity contribution in [1.82, 2.24) is 0 Å². The Morgan fingerprint density at radius 1 is 1.03 bits per heavy atom. The Bertz CT molecular complexity index is 1040. The van der Waals surface area contributed by atoms with Gasteiger partial charge >= 0.3 is 5.97 Å². The van der Waals surface area contributed by atoms with Crippen molar-refractivity contribution in [2.45, 2.75) is 19.9 Å². The minimum absolute atomic E-state index is 0.0630. The number of methoxy groups -OCH3 is 3. The summed E-state index contributed by atoms with van der Waals surface area (Å²) >= 11 is 0. The number of fused-ring (bicyclic) bond motifs is 2. The second-order valence-electron chi connectivity index (χ2n) is 7.31. The largest absolute Gasteiger partial charge is 0.493 e. The number of carbonyl (C=O) groups excluding carboxylic acids is 2. The molecule has 9 nitrogen and oxygen atoms in total.